The van der Waals surface area contributed by atoms with E-state index in [1.54, 1.807) is 30.6 Å². The van der Waals surface area contributed by atoms with Crippen LogP contribution in [0.5, 0.6) is 0 Å². The van der Waals surface area contributed by atoms with Crippen LogP contribution in [-0.4, -0.2) is 9.97 Å². The van der Waals surface area contributed by atoms with Crippen LogP contribution in [0.2, 0.25) is 10.3 Å². The molecule has 0 aliphatic rings. The molecule has 0 bridgehead atoms. The second-order valence-corrected chi connectivity index (χ2v) is 4.88. The first-order valence-corrected chi connectivity index (χ1v) is 6.26. The Morgan fingerprint density at radius 1 is 1.06 bits per heavy atom. The molecule has 0 aromatic carbocycles. The number of nitrogens with zero attached hydrogens (tertiary/aromatic N) is 2. The molecule has 0 atom stereocenters. The molecule has 0 saturated heterocycles. The van der Waals surface area contributed by atoms with Crippen molar-refractivity contribution in [3.63, 3.8) is 0 Å². The van der Waals surface area contributed by atoms with Gasteiger partial charge in [0.2, 0.25) is 0 Å². The Kier molecular flexibility index (Phi) is 5.73. The van der Waals surface area contributed by atoms with Crippen LogP contribution in [0, 0.1) is 3.57 Å². The molecule has 90 valence electrons. The second-order valence-electron chi connectivity index (χ2n) is 2.94. The van der Waals surface area contributed by atoms with Gasteiger partial charge in [-0.05, 0) is 40.8 Å². The highest BCUT2D eigenvalue weighted by molar-refractivity contribution is 14.1. The van der Waals surface area contributed by atoms with Crippen LogP contribution < -0.4 is 11.5 Å². The molecule has 0 unspecified atom stereocenters. The van der Waals surface area contributed by atoms with E-state index in [-0.39, 0.29) is 0 Å². The van der Waals surface area contributed by atoms with Crippen LogP contribution >= 0.6 is 45.8 Å². The standard InChI is InChI=1S/C5H4ClIN2.C5H5ClN2/c6-5-1-4(8)3(7)2-9-5;6-5-3-4(7)1-2-8-5/h1-2H,(H2,8,9);1-3H,(H2,7,8). The highest BCUT2D eigenvalue weighted by Crippen LogP contribution is 2.16. The molecule has 0 aliphatic heterocycles. The van der Waals surface area contributed by atoms with E-state index >= 15 is 0 Å². The fourth-order valence-electron chi connectivity index (χ4n) is 0.845. The van der Waals surface area contributed by atoms with E-state index < -0.39 is 0 Å². The summed E-state index contributed by atoms with van der Waals surface area (Å²) in [6.07, 6.45) is 3.20. The number of nitrogens with two attached hydrogens (primary N) is 2. The lowest BCUT2D eigenvalue weighted by Gasteiger charge is -1.94. The van der Waals surface area contributed by atoms with Crippen molar-refractivity contribution in [2.45, 2.75) is 0 Å². The zero-order chi connectivity index (χ0) is 12.8. The second kappa shape index (κ2) is 6.83. The zero-order valence-corrected chi connectivity index (χ0v) is 12.2. The van der Waals surface area contributed by atoms with Crippen LogP contribution in [0.25, 0.3) is 0 Å². The third kappa shape index (κ3) is 5.38. The highest BCUT2D eigenvalue weighted by Gasteiger charge is 1.94. The lowest BCUT2D eigenvalue weighted by molar-refractivity contribution is 1.31. The Morgan fingerprint density at radius 2 is 1.71 bits per heavy atom. The first-order chi connectivity index (χ1) is 7.99. The van der Waals surface area contributed by atoms with Gasteiger partial charge in [0.1, 0.15) is 10.3 Å². The van der Waals surface area contributed by atoms with Gasteiger partial charge in [-0.1, -0.05) is 23.2 Å². The Morgan fingerprint density at radius 3 is 2.12 bits per heavy atom. The van der Waals surface area contributed by atoms with Gasteiger partial charge in [-0.15, -0.1) is 0 Å². The van der Waals surface area contributed by atoms with E-state index in [9.17, 15) is 0 Å². The molecule has 4 nitrogen and oxygen atoms in total. The lowest BCUT2D eigenvalue weighted by atomic mass is 10.4. The van der Waals surface area contributed by atoms with Crippen molar-refractivity contribution in [1.29, 1.82) is 0 Å². The first kappa shape index (κ1) is 14.3. The number of hydrogen-bond acceptors (Lipinski definition) is 4. The fraction of sp³-hybridized carbons (Fsp3) is 0. The zero-order valence-electron chi connectivity index (χ0n) is 8.57. The molecule has 0 aliphatic carbocycles. The predicted molar refractivity (Wildman–Crippen MR) is 80.0 cm³/mol. The molecule has 0 radical (unpaired) electrons. The van der Waals surface area contributed by atoms with Gasteiger partial charge in [-0.2, -0.15) is 0 Å². The summed E-state index contributed by atoms with van der Waals surface area (Å²) in [7, 11) is 0. The van der Waals surface area contributed by atoms with Gasteiger partial charge in [0.05, 0.1) is 3.57 Å². The van der Waals surface area contributed by atoms with Gasteiger partial charge in [0.25, 0.3) is 0 Å². The number of aromatic nitrogens is 2. The maximum atomic E-state index is 5.52. The summed E-state index contributed by atoms with van der Waals surface area (Å²) in [4.78, 5) is 7.54. The van der Waals surface area contributed by atoms with E-state index in [2.05, 4.69) is 32.6 Å². The number of pyridine rings is 2. The van der Waals surface area contributed by atoms with Crippen molar-refractivity contribution < 1.29 is 0 Å². The molecule has 7 heteroatoms. The highest BCUT2D eigenvalue weighted by atomic mass is 127. The average molecular weight is 383 g/mol. The van der Waals surface area contributed by atoms with E-state index in [0.717, 1.165) is 3.57 Å². The summed E-state index contributed by atoms with van der Waals surface area (Å²) < 4.78 is 0.928. The summed E-state index contributed by atoms with van der Waals surface area (Å²) in [5, 5.41) is 0.873. The van der Waals surface area contributed by atoms with E-state index in [1.165, 1.54) is 0 Å². The van der Waals surface area contributed by atoms with Gasteiger partial charge in [0, 0.05) is 23.8 Å². The van der Waals surface area contributed by atoms with Crippen molar-refractivity contribution in [2.24, 2.45) is 0 Å². The minimum Gasteiger partial charge on any atom is -0.399 e. The van der Waals surface area contributed by atoms with Crippen LogP contribution in [0.3, 0.4) is 0 Å². The summed E-state index contributed by atoms with van der Waals surface area (Å²) in [6.45, 7) is 0. The molecule has 2 aromatic rings. The number of hydrogen-bond donors (Lipinski definition) is 2. The predicted octanol–water partition coefficient (Wildman–Crippen LogP) is 3.24. The van der Waals surface area contributed by atoms with Crippen LogP contribution in [0.4, 0.5) is 11.4 Å². The maximum absolute atomic E-state index is 5.52. The third-order valence-corrected chi connectivity index (χ3v) is 2.92. The Labute approximate surface area is 122 Å². The molecule has 2 aromatic heterocycles. The minimum absolute atomic E-state index is 0.435. The third-order valence-electron chi connectivity index (χ3n) is 1.60. The van der Waals surface area contributed by atoms with E-state index in [0.29, 0.717) is 21.7 Å². The molecule has 0 amide bonds. The quantitative estimate of drug-likeness (QED) is 0.541. The molecular formula is C10H9Cl2IN4. The Hall–Kier alpha value is -0.790. The van der Waals surface area contributed by atoms with Crippen LogP contribution in [0.15, 0.2) is 30.6 Å². The maximum Gasteiger partial charge on any atom is 0.131 e. The molecule has 2 rings (SSSR count). The number of rotatable bonds is 0. The summed E-state index contributed by atoms with van der Waals surface area (Å²) in [5.41, 5.74) is 12.1. The Bertz CT molecular complexity index is 490. The van der Waals surface area contributed by atoms with Gasteiger partial charge in [0.15, 0.2) is 0 Å². The average Bonchev–Trinajstić information content (AvgIpc) is 2.24. The number of nitrogen functional groups attached to an aromatic ring is 2. The molecular weight excluding hydrogens is 374 g/mol. The SMILES string of the molecule is Nc1cc(Cl)ncc1I.Nc1ccnc(Cl)c1. The van der Waals surface area contributed by atoms with Crippen molar-refractivity contribution in [1.82, 2.24) is 9.97 Å². The van der Waals surface area contributed by atoms with Gasteiger partial charge in [-0.25, -0.2) is 9.97 Å². The smallest absolute Gasteiger partial charge is 0.131 e. The van der Waals surface area contributed by atoms with E-state index in [1.807, 2.05) is 0 Å². The number of anilines is 2. The normalized spacial score (nSPS) is 9.35. The monoisotopic (exact) mass is 382 g/mol. The largest absolute Gasteiger partial charge is 0.399 e. The van der Waals surface area contributed by atoms with Crippen molar-refractivity contribution in [3.05, 3.63) is 44.5 Å². The van der Waals surface area contributed by atoms with Crippen LogP contribution in [0.1, 0.15) is 0 Å². The van der Waals surface area contributed by atoms with Gasteiger partial charge in [-0.3, -0.25) is 0 Å². The topological polar surface area (TPSA) is 77.8 Å². The molecule has 0 fully saturated rings. The fourth-order valence-corrected chi connectivity index (χ4v) is 1.49. The molecule has 4 N–H and O–H groups in total. The van der Waals surface area contributed by atoms with Crippen molar-refractivity contribution in [3.8, 4) is 0 Å². The molecule has 17 heavy (non-hydrogen) atoms. The van der Waals surface area contributed by atoms with Gasteiger partial charge >= 0.3 is 0 Å². The van der Waals surface area contributed by atoms with Crippen molar-refractivity contribution in [2.75, 3.05) is 11.5 Å². The van der Waals surface area contributed by atoms with Crippen LogP contribution in [-0.2, 0) is 0 Å². The summed E-state index contributed by atoms with van der Waals surface area (Å²) >= 11 is 13.1. The lowest BCUT2D eigenvalue weighted by Crippen LogP contribution is -1.89. The summed E-state index contributed by atoms with van der Waals surface area (Å²) in [5.74, 6) is 0. The molecule has 0 saturated carbocycles. The molecule has 2 heterocycles. The van der Waals surface area contributed by atoms with E-state index in [4.69, 9.17) is 34.7 Å². The minimum atomic E-state index is 0.435. The van der Waals surface area contributed by atoms with Gasteiger partial charge < -0.3 is 11.5 Å². The Balaban J connectivity index is 0.000000171. The first-order valence-electron chi connectivity index (χ1n) is 4.42. The summed E-state index contributed by atoms with van der Waals surface area (Å²) in [6, 6.07) is 4.91. The molecule has 0 spiro atoms. The number of halogens is 3. The van der Waals surface area contributed by atoms with Crippen molar-refractivity contribution >= 4 is 57.2 Å².